The summed E-state index contributed by atoms with van der Waals surface area (Å²) in [6.07, 6.45) is 0.921. The van der Waals surface area contributed by atoms with Crippen LogP contribution in [0.15, 0.2) is 44.8 Å². The number of amides is 1. The van der Waals surface area contributed by atoms with Crippen molar-refractivity contribution in [3.05, 3.63) is 51.7 Å². The maximum atomic E-state index is 12.1. The van der Waals surface area contributed by atoms with Crippen molar-refractivity contribution < 1.29 is 13.9 Å². The van der Waals surface area contributed by atoms with Crippen molar-refractivity contribution >= 4 is 38.3 Å². The lowest BCUT2D eigenvalue weighted by Gasteiger charge is -2.01. The average molecular weight is 391 g/mol. The number of carbonyl (C=O) groups excluding carboxylic acids is 1. The van der Waals surface area contributed by atoms with Gasteiger partial charge in [0.05, 0.1) is 12.3 Å². The number of thiazole rings is 1. The Hall–Kier alpha value is -2.12. The summed E-state index contributed by atoms with van der Waals surface area (Å²) in [5.41, 5.74) is 3.05. The third kappa shape index (κ3) is 2.89. The number of carbonyl (C=O) groups is 1. The van der Waals surface area contributed by atoms with Gasteiger partial charge in [0.1, 0.15) is 5.75 Å². The summed E-state index contributed by atoms with van der Waals surface area (Å²) >= 11 is 4.55. The van der Waals surface area contributed by atoms with Crippen LogP contribution >= 0.6 is 27.3 Å². The Morgan fingerprint density at radius 2 is 2.22 bits per heavy atom. The molecular weight excluding hydrogens is 380 g/mol. The molecule has 0 unspecified atom stereocenters. The van der Waals surface area contributed by atoms with Crippen molar-refractivity contribution in [1.82, 2.24) is 4.98 Å². The lowest BCUT2D eigenvalue weighted by molar-refractivity contribution is 0.0995. The summed E-state index contributed by atoms with van der Waals surface area (Å²) in [5, 5.41) is 5.20. The van der Waals surface area contributed by atoms with Crippen LogP contribution in [0.5, 0.6) is 5.75 Å². The van der Waals surface area contributed by atoms with Gasteiger partial charge in [-0.05, 0) is 51.8 Å². The van der Waals surface area contributed by atoms with Gasteiger partial charge in [0.2, 0.25) is 0 Å². The van der Waals surface area contributed by atoms with E-state index in [2.05, 4.69) is 32.3 Å². The normalized spacial score (nSPS) is 12.7. The summed E-state index contributed by atoms with van der Waals surface area (Å²) < 4.78 is 11.3. The Labute approximate surface area is 144 Å². The number of benzene rings is 1. The Morgan fingerprint density at radius 1 is 1.30 bits per heavy atom. The molecule has 5 nitrogen and oxygen atoms in total. The van der Waals surface area contributed by atoms with Gasteiger partial charge in [-0.2, -0.15) is 0 Å². The highest BCUT2D eigenvalue weighted by molar-refractivity contribution is 9.10. The van der Waals surface area contributed by atoms with Crippen molar-refractivity contribution in [2.24, 2.45) is 0 Å². The summed E-state index contributed by atoms with van der Waals surface area (Å²) in [5.74, 6) is 0.864. The zero-order chi connectivity index (χ0) is 15.8. The highest BCUT2D eigenvalue weighted by atomic mass is 79.9. The van der Waals surface area contributed by atoms with Gasteiger partial charge < -0.3 is 9.15 Å². The van der Waals surface area contributed by atoms with Gasteiger partial charge in [0.25, 0.3) is 5.91 Å². The molecule has 1 amide bonds. The molecule has 2 aromatic heterocycles. The number of hydrogen-bond donors (Lipinski definition) is 1. The monoisotopic (exact) mass is 390 g/mol. The first-order chi connectivity index (χ1) is 11.2. The fourth-order valence-electron chi connectivity index (χ4n) is 2.40. The Bertz CT molecular complexity index is 887. The minimum absolute atomic E-state index is 0.239. The van der Waals surface area contributed by atoms with Gasteiger partial charge >= 0.3 is 0 Å². The third-order valence-corrected chi connectivity index (χ3v) is 4.69. The lowest BCUT2D eigenvalue weighted by atomic mass is 10.1. The number of rotatable bonds is 3. The topological polar surface area (TPSA) is 64.4 Å². The van der Waals surface area contributed by atoms with Crippen LogP contribution in [0.25, 0.3) is 11.3 Å². The minimum atomic E-state index is -0.320. The molecule has 0 fully saturated rings. The number of furan rings is 1. The maximum absolute atomic E-state index is 12.1. The molecule has 3 heterocycles. The second-order valence-electron chi connectivity index (χ2n) is 5.02. The summed E-state index contributed by atoms with van der Waals surface area (Å²) in [6.45, 7) is 0.732. The van der Waals surface area contributed by atoms with Gasteiger partial charge in [0, 0.05) is 17.4 Å². The summed E-state index contributed by atoms with van der Waals surface area (Å²) in [7, 11) is 0. The zero-order valence-electron chi connectivity index (χ0n) is 11.8. The van der Waals surface area contributed by atoms with Crippen LogP contribution in [0.1, 0.15) is 16.1 Å². The fraction of sp³-hybridized carbons (Fsp3) is 0.125. The fourth-order valence-corrected chi connectivity index (χ4v) is 3.43. The van der Waals surface area contributed by atoms with E-state index in [1.165, 1.54) is 16.9 Å². The molecule has 0 spiro atoms. The van der Waals surface area contributed by atoms with Gasteiger partial charge in [-0.25, -0.2) is 4.98 Å². The van der Waals surface area contributed by atoms with E-state index in [-0.39, 0.29) is 11.7 Å². The zero-order valence-corrected chi connectivity index (χ0v) is 14.2. The van der Waals surface area contributed by atoms with Gasteiger partial charge in [-0.15, -0.1) is 11.3 Å². The highest BCUT2D eigenvalue weighted by Crippen LogP contribution is 2.32. The van der Waals surface area contributed by atoms with Gasteiger partial charge in [-0.3, -0.25) is 10.1 Å². The van der Waals surface area contributed by atoms with Crippen LogP contribution in [-0.2, 0) is 6.42 Å². The van der Waals surface area contributed by atoms with Gasteiger partial charge in [-0.1, -0.05) is 0 Å². The molecule has 1 aliphatic rings. The van der Waals surface area contributed by atoms with Crippen LogP contribution in [0, 0.1) is 0 Å². The summed E-state index contributed by atoms with van der Waals surface area (Å²) in [6, 6.07) is 9.32. The summed E-state index contributed by atoms with van der Waals surface area (Å²) in [4.78, 5) is 16.5. The van der Waals surface area contributed by atoms with Crippen molar-refractivity contribution in [2.45, 2.75) is 6.42 Å². The molecule has 3 aromatic rings. The predicted octanol–water partition coefficient (Wildman–Crippen LogP) is 4.35. The Kier molecular flexibility index (Phi) is 3.66. The molecular formula is C16H11BrN2O3S. The Morgan fingerprint density at radius 3 is 3.04 bits per heavy atom. The minimum Gasteiger partial charge on any atom is -0.493 e. The molecule has 0 bridgehead atoms. The molecule has 116 valence electrons. The molecule has 0 radical (unpaired) electrons. The second kappa shape index (κ2) is 5.82. The first kappa shape index (κ1) is 14.5. The number of ether oxygens (including phenoxy) is 1. The number of halogens is 1. The molecule has 1 aliphatic heterocycles. The molecule has 0 saturated heterocycles. The van der Waals surface area contributed by atoms with Crippen LogP contribution in [-0.4, -0.2) is 17.5 Å². The van der Waals surface area contributed by atoms with Crippen molar-refractivity contribution in [2.75, 3.05) is 11.9 Å². The van der Waals surface area contributed by atoms with Crippen molar-refractivity contribution in [1.29, 1.82) is 0 Å². The number of anilines is 1. The van der Waals surface area contributed by atoms with E-state index in [0.717, 1.165) is 30.0 Å². The third-order valence-electron chi connectivity index (χ3n) is 3.51. The van der Waals surface area contributed by atoms with E-state index >= 15 is 0 Å². The highest BCUT2D eigenvalue weighted by Gasteiger charge is 2.16. The van der Waals surface area contributed by atoms with Crippen LogP contribution < -0.4 is 10.1 Å². The standard InChI is InChI=1S/C16H11BrN2O3S/c17-14-4-3-13(22-14)15(20)19-16-18-11(8-23-16)9-1-2-12-10(7-9)5-6-21-12/h1-4,7-8H,5-6H2,(H,18,19,20). The van der Waals surface area contributed by atoms with Crippen molar-refractivity contribution in [3.8, 4) is 17.0 Å². The SMILES string of the molecule is O=C(Nc1nc(-c2ccc3c(c2)CCO3)cs1)c1ccc(Br)o1. The number of nitrogens with zero attached hydrogens (tertiary/aromatic N) is 1. The van der Waals surface area contributed by atoms with E-state index in [1.54, 1.807) is 12.1 Å². The molecule has 1 aromatic carbocycles. The first-order valence-electron chi connectivity index (χ1n) is 6.97. The molecule has 0 aliphatic carbocycles. The largest absolute Gasteiger partial charge is 0.493 e. The number of fused-ring (bicyclic) bond motifs is 1. The smallest absolute Gasteiger partial charge is 0.293 e. The Balaban J connectivity index is 1.54. The molecule has 0 atom stereocenters. The van der Waals surface area contributed by atoms with E-state index in [9.17, 15) is 4.79 Å². The van der Waals surface area contributed by atoms with E-state index < -0.39 is 0 Å². The average Bonchev–Trinajstić information content (AvgIpc) is 3.26. The van der Waals surface area contributed by atoms with Gasteiger partial charge in [0.15, 0.2) is 15.6 Å². The van der Waals surface area contributed by atoms with E-state index in [1.807, 2.05) is 17.5 Å². The first-order valence-corrected chi connectivity index (χ1v) is 8.64. The van der Waals surface area contributed by atoms with Crippen LogP contribution in [0.3, 0.4) is 0 Å². The molecule has 0 saturated carbocycles. The second-order valence-corrected chi connectivity index (χ2v) is 6.66. The molecule has 7 heteroatoms. The van der Waals surface area contributed by atoms with Crippen LogP contribution in [0.2, 0.25) is 0 Å². The lowest BCUT2D eigenvalue weighted by Crippen LogP contribution is -2.10. The quantitative estimate of drug-likeness (QED) is 0.721. The van der Waals surface area contributed by atoms with E-state index in [0.29, 0.717) is 9.80 Å². The maximum Gasteiger partial charge on any atom is 0.293 e. The predicted molar refractivity (Wildman–Crippen MR) is 91.1 cm³/mol. The van der Waals surface area contributed by atoms with Crippen LogP contribution in [0.4, 0.5) is 5.13 Å². The molecule has 4 rings (SSSR count). The molecule has 1 N–H and O–H groups in total. The number of aromatic nitrogens is 1. The number of nitrogens with one attached hydrogen (secondary N) is 1. The number of hydrogen-bond acceptors (Lipinski definition) is 5. The van der Waals surface area contributed by atoms with Crippen molar-refractivity contribution in [3.63, 3.8) is 0 Å². The van der Waals surface area contributed by atoms with E-state index in [4.69, 9.17) is 9.15 Å². The molecule has 23 heavy (non-hydrogen) atoms.